The summed E-state index contributed by atoms with van der Waals surface area (Å²) in [7, 11) is 0. The summed E-state index contributed by atoms with van der Waals surface area (Å²) < 4.78 is 2.61. The van der Waals surface area contributed by atoms with Gasteiger partial charge in [0, 0.05) is 32.1 Å². The van der Waals surface area contributed by atoms with Crippen molar-refractivity contribution in [3.8, 4) is 44.5 Å². The second kappa shape index (κ2) is 14.9. The number of thiophene rings is 1. The van der Waals surface area contributed by atoms with Crippen LogP contribution in [0.4, 0.5) is 17.1 Å². The van der Waals surface area contributed by atoms with Crippen molar-refractivity contribution in [3.63, 3.8) is 0 Å². The topological polar surface area (TPSA) is 3.24 Å². The van der Waals surface area contributed by atoms with Gasteiger partial charge >= 0.3 is 0 Å². The van der Waals surface area contributed by atoms with E-state index in [1.54, 1.807) is 11.1 Å². The minimum Gasteiger partial charge on any atom is -0.308 e. The molecule has 1 aromatic heterocycles. The number of para-hydroxylation sites is 1. The van der Waals surface area contributed by atoms with Crippen LogP contribution in [-0.2, 0) is 16.2 Å². The van der Waals surface area contributed by atoms with E-state index in [2.05, 4.69) is 234 Å². The van der Waals surface area contributed by atoms with E-state index in [4.69, 9.17) is 0 Å². The van der Waals surface area contributed by atoms with Gasteiger partial charge in [0.15, 0.2) is 0 Å². The van der Waals surface area contributed by atoms with Gasteiger partial charge in [0.25, 0.3) is 0 Å². The molecule has 0 N–H and O–H groups in total. The molecule has 1 heterocycles. The lowest BCUT2D eigenvalue weighted by Crippen LogP contribution is -2.73. The average Bonchev–Trinajstić information content (AvgIpc) is 4.15. The van der Waals surface area contributed by atoms with Gasteiger partial charge in [0.2, 0.25) is 0 Å². The van der Waals surface area contributed by atoms with Crippen molar-refractivity contribution < 1.29 is 0 Å². The molecule has 5 aliphatic rings. The molecule has 9 aromatic carbocycles. The van der Waals surface area contributed by atoms with E-state index >= 15 is 0 Å². The van der Waals surface area contributed by atoms with Crippen LogP contribution in [0.3, 0.4) is 0 Å². The summed E-state index contributed by atoms with van der Waals surface area (Å²) >= 11 is 1.90. The van der Waals surface area contributed by atoms with Crippen molar-refractivity contribution in [1.29, 1.82) is 0 Å². The standard InChI is InChI=1S/C70H61NS/c1-67(2,3)47-36-46(37-48(39-47)68(4,5)6)51-21-13-16-44-17-14-22-56(65(44)51)54-19-8-11-25-60(54)71(61-26-15-23-57-55-20-9-12-27-62(55)72-66(57)61)50-31-28-43(29-32-50)45-30-33-53-52-18-7-10-24-58(52)70(59(53)38-45)63-35-42-34-49-40-64(70)69(49,63)41-42/h7-33,36-39,42,49,63-64H,34-35,40-41H2,1-6H3. The maximum absolute atomic E-state index is 2.64. The fourth-order valence-electron chi connectivity index (χ4n) is 16.0. The largest absolute Gasteiger partial charge is 0.308 e. The van der Waals surface area contributed by atoms with Crippen LogP contribution in [-0.4, -0.2) is 0 Å². The first-order valence-electron chi connectivity index (χ1n) is 26.7. The molecule has 72 heavy (non-hydrogen) atoms. The maximum Gasteiger partial charge on any atom is 0.0640 e. The van der Waals surface area contributed by atoms with Gasteiger partial charge in [-0.25, -0.2) is 0 Å². The number of nitrogens with zero attached hydrogens (tertiary/aromatic N) is 1. The van der Waals surface area contributed by atoms with Gasteiger partial charge in [-0.2, -0.15) is 0 Å². The Labute approximate surface area is 429 Å². The highest BCUT2D eigenvalue weighted by molar-refractivity contribution is 7.26. The van der Waals surface area contributed by atoms with E-state index in [0.717, 1.165) is 35.0 Å². The van der Waals surface area contributed by atoms with E-state index in [9.17, 15) is 0 Å². The summed E-state index contributed by atoms with van der Waals surface area (Å²) in [5, 5.41) is 5.14. The number of fused-ring (bicyclic) bond motifs is 12. The predicted octanol–water partition coefficient (Wildman–Crippen LogP) is 19.6. The number of anilines is 3. The quantitative estimate of drug-likeness (QED) is 0.161. The van der Waals surface area contributed by atoms with Crippen LogP contribution in [0.5, 0.6) is 0 Å². The molecule has 2 spiro atoms. The SMILES string of the molecule is CC(C)(C)c1cc(-c2cccc3cccc(-c4ccccc4N(c4ccc(-c5ccc6c(c5)C5(c7ccccc7-6)C6CC7CC8CC5C86C7)cc4)c4cccc5c4sc4ccccc45)c23)cc(C(C)(C)C)c1. The third-order valence-electron chi connectivity index (χ3n) is 19.0. The number of benzene rings is 9. The Morgan fingerprint density at radius 2 is 1.10 bits per heavy atom. The molecule has 15 rings (SSSR count). The fourth-order valence-corrected chi connectivity index (χ4v) is 17.2. The zero-order chi connectivity index (χ0) is 48.5. The zero-order valence-electron chi connectivity index (χ0n) is 42.4. The maximum atomic E-state index is 2.64. The van der Waals surface area contributed by atoms with Crippen LogP contribution in [0.2, 0.25) is 0 Å². The van der Waals surface area contributed by atoms with Crippen molar-refractivity contribution in [2.24, 2.45) is 29.1 Å². The fraction of sp³-hybridized carbons (Fsp3) is 0.257. The van der Waals surface area contributed by atoms with E-state index in [-0.39, 0.29) is 16.2 Å². The minimum absolute atomic E-state index is 0.00364. The first-order valence-corrected chi connectivity index (χ1v) is 27.6. The van der Waals surface area contributed by atoms with Crippen LogP contribution in [0.25, 0.3) is 75.5 Å². The third-order valence-corrected chi connectivity index (χ3v) is 20.2. The van der Waals surface area contributed by atoms with E-state index in [0.29, 0.717) is 5.41 Å². The summed E-state index contributed by atoms with van der Waals surface area (Å²) in [6, 6.07) is 72.7. The van der Waals surface area contributed by atoms with Crippen LogP contribution >= 0.6 is 11.3 Å². The molecule has 0 amide bonds. The lowest BCUT2D eigenvalue weighted by Gasteiger charge is -2.76. The van der Waals surface area contributed by atoms with Crippen LogP contribution < -0.4 is 4.90 Å². The van der Waals surface area contributed by atoms with Gasteiger partial charge in [-0.1, -0.05) is 193 Å². The lowest BCUT2D eigenvalue weighted by molar-refractivity contribution is -0.231. The predicted molar refractivity (Wildman–Crippen MR) is 306 cm³/mol. The van der Waals surface area contributed by atoms with Gasteiger partial charge in [0.05, 0.1) is 16.1 Å². The van der Waals surface area contributed by atoms with Crippen molar-refractivity contribution in [1.82, 2.24) is 0 Å². The van der Waals surface area contributed by atoms with Crippen molar-refractivity contribution in [2.45, 2.75) is 83.5 Å². The van der Waals surface area contributed by atoms with Gasteiger partial charge < -0.3 is 4.90 Å². The van der Waals surface area contributed by atoms with Gasteiger partial charge in [-0.05, 0) is 174 Å². The Balaban J connectivity index is 0.898. The Bertz CT molecular complexity index is 3860. The second-order valence-corrected chi connectivity index (χ2v) is 25.6. The smallest absolute Gasteiger partial charge is 0.0640 e. The van der Waals surface area contributed by atoms with Gasteiger partial charge in [-0.15, -0.1) is 11.3 Å². The van der Waals surface area contributed by atoms with Crippen LogP contribution in [0.1, 0.15) is 89.5 Å². The molecule has 0 aliphatic heterocycles. The molecule has 1 nitrogen and oxygen atoms in total. The first kappa shape index (κ1) is 42.9. The summed E-state index contributed by atoms with van der Waals surface area (Å²) in [5.74, 6) is 3.51. The second-order valence-electron chi connectivity index (χ2n) is 24.5. The highest BCUT2D eigenvalue weighted by atomic mass is 32.1. The molecule has 4 saturated carbocycles. The normalized spacial score (nSPS) is 23.3. The molecule has 6 unspecified atom stereocenters. The number of rotatable bonds is 6. The Hall–Kier alpha value is -6.74. The molecule has 2 bridgehead atoms. The third kappa shape index (κ3) is 5.76. The van der Waals surface area contributed by atoms with Gasteiger partial charge in [0.1, 0.15) is 0 Å². The molecule has 0 radical (unpaired) electrons. The van der Waals surface area contributed by atoms with E-state index in [1.807, 2.05) is 11.3 Å². The highest BCUT2D eigenvalue weighted by Crippen LogP contribution is 2.89. The van der Waals surface area contributed by atoms with E-state index in [1.165, 1.54) is 118 Å². The molecular weight excluding hydrogens is 887 g/mol. The molecular formula is C70H61NS. The minimum atomic E-state index is 0.00364. The van der Waals surface area contributed by atoms with E-state index < -0.39 is 0 Å². The lowest BCUT2D eigenvalue weighted by atomic mass is 9.27. The van der Waals surface area contributed by atoms with Crippen LogP contribution in [0.15, 0.2) is 188 Å². The molecule has 6 atom stereocenters. The highest BCUT2D eigenvalue weighted by Gasteiger charge is 2.84. The summed E-state index contributed by atoms with van der Waals surface area (Å²) in [6.45, 7) is 14.0. The van der Waals surface area contributed by atoms with Crippen LogP contribution in [0, 0.1) is 29.1 Å². The molecule has 10 aromatic rings. The molecule has 4 fully saturated rings. The number of hydrogen-bond donors (Lipinski definition) is 0. The van der Waals surface area contributed by atoms with Crippen molar-refractivity contribution in [3.05, 3.63) is 210 Å². The van der Waals surface area contributed by atoms with Crippen molar-refractivity contribution >= 4 is 59.3 Å². The van der Waals surface area contributed by atoms with Crippen molar-refractivity contribution in [2.75, 3.05) is 4.90 Å². The summed E-state index contributed by atoms with van der Waals surface area (Å²) in [6.07, 6.45) is 5.84. The Morgan fingerprint density at radius 1 is 0.472 bits per heavy atom. The molecule has 2 heteroatoms. The molecule has 5 aliphatic carbocycles. The zero-order valence-corrected chi connectivity index (χ0v) is 43.2. The average molecular weight is 948 g/mol. The first-order chi connectivity index (χ1) is 34.9. The number of hydrogen-bond acceptors (Lipinski definition) is 2. The summed E-state index contributed by atoms with van der Waals surface area (Å²) in [5.41, 5.74) is 20.9. The Kier molecular flexibility index (Phi) is 8.89. The summed E-state index contributed by atoms with van der Waals surface area (Å²) in [4.78, 5) is 2.56. The molecule has 0 saturated heterocycles. The van der Waals surface area contributed by atoms with Gasteiger partial charge in [-0.3, -0.25) is 0 Å². The Morgan fingerprint density at radius 3 is 1.88 bits per heavy atom. The molecule has 352 valence electrons. The monoisotopic (exact) mass is 947 g/mol.